The van der Waals surface area contributed by atoms with Crippen LogP contribution >= 0.6 is 0 Å². The molecule has 0 aromatic heterocycles. The van der Waals surface area contributed by atoms with Crippen LogP contribution in [0.1, 0.15) is 30.6 Å². The average molecular weight is 260 g/mol. The Labute approximate surface area is 103 Å². The maximum Gasteiger partial charge on any atom is 0.416 e. The number of ether oxygens (including phenoxy) is 1. The van der Waals surface area contributed by atoms with Crippen LogP contribution in [0, 0.1) is 5.92 Å². The zero-order valence-corrected chi connectivity index (χ0v) is 9.95. The Balaban J connectivity index is 2.15. The number of alkyl halides is 3. The number of hydrogen-bond acceptors (Lipinski definition) is 2. The van der Waals surface area contributed by atoms with Gasteiger partial charge in [-0.1, -0.05) is 19.1 Å². The van der Waals surface area contributed by atoms with Crippen LogP contribution in [0.5, 0.6) is 0 Å². The Kier molecular flexibility index (Phi) is 3.64. The lowest BCUT2D eigenvalue weighted by molar-refractivity contribution is -0.137. The molecule has 1 fully saturated rings. The van der Waals surface area contributed by atoms with E-state index in [2.05, 4.69) is 0 Å². The minimum absolute atomic E-state index is 0.0541. The number of halogens is 3. The summed E-state index contributed by atoms with van der Waals surface area (Å²) < 4.78 is 42.9. The summed E-state index contributed by atoms with van der Waals surface area (Å²) in [6.45, 7) is 1.92. The van der Waals surface area contributed by atoms with Crippen molar-refractivity contribution in [2.24, 2.45) is 5.92 Å². The van der Waals surface area contributed by atoms with E-state index in [0.29, 0.717) is 0 Å². The second kappa shape index (κ2) is 4.90. The highest BCUT2D eigenvalue weighted by atomic mass is 19.4. The molecule has 1 aliphatic rings. The molecule has 1 aromatic carbocycles. The van der Waals surface area contributed by atoms with Crippen molar-refractivity contribution in [1.29, 1.82) is 0 Å². The Bertz CT molecular complexity index is 400. The summed E-state index contributed by atoms with van der Waals surface area (Å²) in [7, 11) is 0. The number of hydrogen-bond donors (Lipinski definition) is 1. The van der Waals surface area contributed by atoms with Gasteiger partial charge in [0, 0.05) is 0 Å². The molecule has 0 aliphatic carbocycles. The van der Waals surface area contributed by atoms with E-state index in [9.17, 15) is 13.2 Å². The lowest BCUT2D eigenvalue weighted by atomic mass is 9.95. The quantitative estimate of drug-likeness (QED) is 0.885. The highest BCUT2D eigenvalue weighted by Crippen LogP contribution is 2.38. The fourth-order valence-corrected chi connectivity index (χ4v) is 2.32. The average Bonchev–Trinajstić information content (AvgIpc) is 2.70. The second-order valence-corrected chi connectivity index (χ2v) is 4.69. The first-order valence-corrected chi connectivity index (χ1v) is 5.85. The van der Waals surface area contributed by atoms with Crippen LogP contribution in [-0.2, 0) is 10.9 Å². The standard InChI is InChI=1S/C13H15F3O2/c1-8-6-11(7-17)18-12(8)9-2-4-10(5-3-9)13(14,15)16/h2-5,8,11-12,17H,6-7H2,1H3. The molecular formula is C13H15F3O2. The third kappa shape index (κ3) is 2.67. The fourth-order valence-electron chi connectivity index (χ4n) is 2.32. The van der Waals surface area contributed by atoms with Crippen LogP contribution in [-0.4, -0.2) is 17.8 Å². The van der Waals surface area contributed by atoms with Crippen LogP contribution in [0.3, 0.4) is 0 Å². The molecule has 18 heavy (non-hydrogen) atoms. The van der Waals surface area contributed by atoms with Crippen molar-refractivity contribution >= 4 is 0 Å². The number of aliphatic hydroxyl groups excluding tert-OH is 1. The molecule has 1 N–H and O–H groups in total. The third-order valence-electron chi connectivity index (χ3n) is 3.26. The molecule has 1 aromatic rings. The van der Waals surface area contributed by atoms with Gasteiger partial charge < -0.3 is 9.84 Å². The Morgan fingerprint density at radius 2 is 1.89 bits per heavy atom. The molecule has 3 atom stereocenters. The normalized spacial score (nSPS) is 28.6. The van der Waals surface area contributed by atoms with Crippen molar-refractivity contribution in [3.8, 4) is 0 Å². The monoisotopic (exact) mass is 260 g/mol. The molecular weight excluding hydrogens is 245 g/mol. The summed E-state index contributed by atoms with van der Waals surface area (Å²) in [6, 6.07) is 5.03. The molecule has 0 spiro atoms. The predicted octanol–water partition coefficient (Wildman–Crippen LogP) is 3.16. The molecule has 2 nitrogen and oxygen atoms in total. The highest BCUT2D eigenvalue weighted by molar-refractivity contribution is 5.27. The van der Waals surface area contributed by atoms with Gasteiger partial charge in [-0.3, -0.25) is 0 Å². The molecule has 1 heterocycles. The van der Waals surface area contributed by atoms with Crippen LogP contribution < -0.4 is 0 Å². The maximum atomic E-state index is 12.4. The van der Waals surface area contributed by atoms with Crippen molar-refractivity contribution < 1.29 is 23.0 Å². The molecule has 1 saturated heterocycles. The Morgan fingerprint density at radius 3 is 2.33 bits per heavy atom. The third-order valence-corrected chi connectivity index (χ3v) is 3.26. The minimum Gasteiger partial charge on any atom is -0.394 e. The van der Waals surface area contributed by atoms with Gasteiger partial charge in [-0.2, -0.15) is 13.2 Å². The van der Waals surface area contributed by atoms with Crippen molar-refractivity contribution in [1.82, 2.24) is 0 Å². The van der Waals surface area contributed by atoms with Crippen LogP contribution in [0.4, 0.5) is 13.2 Å². The van der Waals surface area contributed by atoms with Crippen molar-refractivity contribution in [3.05, 3.63) is 35.4 Å². The van der Waals surface area contributed by atoms with Gasteiger partial charge in [0.05, 0.1) is 24.4 Å². The number of aliphatic hydroxyl groups is 1. The van der Waals surface area contributed by atoms with Gasteiger partial charge in [0.2, 0.25) is 0 Å². The molecule has 2 rings (SSSR count). The molecule has 0 amide bonds. The van der Waals surface area contributed by atoms with Crippen molar-refractivity contribution in [3.63, 3.8) is 0 Å². The fraction of sp³-hybridized carbons (Fsp3) is 0.538. The molecule has 100 valence electrons. The van der Waals surface area contributed by atoms with E-state index < -0.39 is 11.7 Å². The summed E-state index contributed by atoms with van der Waals surface area (Å²) in [4.78, 5) is 0. The smallest absolute Gasteiger partial charge is 0.394 e. The minimum atomic E-state index is -4.31. The van der Waals surface area contributed by atoms with Gasteiger partial charge in [0.25, 0.3) is 0 Å². The largest absolute Gasteiger partial charge is 0.416 e. The first kappa shape index (κ1) is 13.4. The first-order chi connectivity index (χ1) is 8.41. The second-order valence-electron chi connectivity index (χ2n) is 4.69. The SMILES string of the molecule is CC1CC(CO)OC1c1ccc(C(F)(F)F)cc1. The molecule has 0 radical (unpaired) electrons. The molecule has 1 aliphatic heterocycles. The van der Waals surface area contributed by atoms with E-state index in [-0.39, 0.29) is 24.7 Å². The first-order valence-electron chi connectivity index (χ1n) is 5.85. The molecule has 0 bridgehead atoms. The van der Waals surface area contributed by atoms with Crippen LogP contribution in [0.25, 0.3) is 0 Å². The van der Waals surface area contributed by atoms with Gasteiger partial charge in [-0.25, -0.2) is 0 Å². The van der Waals surface area contributed by atoms with E-state index in [1.165, 1.54) is 12.1 Å². The summed E-state index contributed by atoms with van der Waals surface area (Å²) >= 11 is 0. The van der Waals surface area contributed by atoms with Crippen LogP contribution in [0.15, 0.2) is 24.3 Å². The van der Waals surface area contributed by atoms with Crippen LogP contribution in [0.2, 0.25) is 0 Å². The van der Waals surface area contributed by atoms with E-state index in [1.54, 1.807) is 0 Å². The van der Waals surface area contributed by atoms with E-state index in [0.717, 1.165) is 24.1 Å². The van der Waals surface area contributed by atoms with Gasteiger partial charge in [0.15, 0.2) is 0 Å². The maximum absolute atomic E-state index is 12.4. The molecule has 0 saturated carbocycles. The highest BCUT2D eigenvalue weighted by Gasteiger charge is 2.34. The predicted molar refractivity (Wildman–Crippen MR) is 59.9 cm³/mol. The summed E-state index contributed by atoms with van der Waals surface area (Å²) in [5, 5.41) is 9.03. The van der Waals surface area contributed by atoms with Gasteiger partial charge >= 0.3 is 6.18 Å². The van der Waals surface area contributed by atoms with E-state index in [4.69, 9.17) is 9.84 Å². The lowest BCUT2D eigenvalue weighted by Gasteiger charge is -2.16. The Morgan fingerprint density at radius 1 is 1.28 bits per heavy atom. The zero-order valence-electron chi connectivity index (χ0n) is 9.95. The summed E-state index contributed by atoms with van der Waals surface area (Å²) in [5.74, 6) is 0.193. The summed E-state index contributed by atoms with van der Waals surface area (Å²) in [5.41, 5.74) is 0.0714. The van der Waals surface area contributed by atoms with E-state index >= 15 is 0 Å². The van der Waals surface area contributed by atoms with Gasteiger partial charge in [0.1, 0.15) is 0 Å². The topological polar surface area (TPSA) is 29.5 Å². The van der Waals surface area contributed by atoms with Crippen molar-refractivity contribution in [2.45, 2.75) is 31.7 Å². The van der Waals surface area contributed by atoms with Gasteiger partial charge in [-0.05, 0) is 30.0 Å². The number of rotatable bonds is 2. The summed E-state index contributed by atoms with van der Waals surface area (Å²) in [6.07, 6.45) is -4.03. The zero-order chi connectivity index (χ0) is 13.3. The van der Waals surface area contributed by atoms with Crippen molar-refractivity contribution in [2.75, 3.05) is 6.61 Å². The lowest BCUT2D eigenvalue weighted by Crippen LogP contribution is -2.11. The molecule has 5 heteroatoms. The Hall–Kier alpha value is -1.07. The van der Waals surface area contributed by atoms with E-state index in [1.807, 2.05) is 6.92 Å². The number of benzene rings is 1. The van der Waals surface area contributed by atoms with Gasteiger partial charge in [-0.15, -0.1) is 0 Å². The molecule has 3 unspecified atom stereocenters.